The van der Waals surface area contributed by atoms with Crippen LogP contribution in [0.25, 0.3) is 0 Å². The Bertz CT molecular complexity index is 993. The summed E-state index contributed by atoms with van der Waals surface area (Å²) in [6, 6.07) is 14.0. The summed E-state index contributed by atoms with van der Waals surface area (Å²) in [6.07, 6.45) is 0.761. The second-order valence-electron chi connectivity index (χ2n) is 9.38. The van der Waals surface area contributed by atoms with E-state index >= 15 is 0 Å². The van der Waals surface area contributed by atoms with E-state index in [9.17, 15) is 14.0 Å². The molecule has 1 atom stereocenters. The molecule has 6 heteroatoms. The maximum absolute atomic E-state index is 14.4. The van der Waals surface area contributed by atoms with E-state index in [4.69, 9.17) is 0 Å². The summed E-state index contributed by atoms with van der Waals surface area (Å²) in [5.74, 6) is -0.748. The summed E-state index contributed by atoms with van der Waals surface area (Å²) >= 11 is 0. The first-order valence-electron chi connectivity index (χ1n) is 10.5. The summed E-state index contributed by atoms with van der Waals surface area (Å²) in [5.41, 5.74) is 2.80. The molecular formula is C25H30FN3O2. The maximum Gasteiger partial charge on any atom is 0.262 e. The molecule has 0 aromatic heterocycles. The topological polar surface area (TPSA) is 53.0 Å². The largest absolute Gasteiger partial charge is 0.336 e. The lowest BCUT2D eigenvalue weighted by Gasteiger charge is -2.26. The zero-order valence-corrected chi connectivity index (χ0v) is 18.9. The van der Waals surface area contributed by atoms with Gasteiger partial charge in [0.05, 0.1) is 11.8 Å². The third kappa shape index (κ3) is 5.57. The van der Waals surface area contributed by atoms with E-state index in [0.29, 0.717) is 24.1 Å². The Morgan fingerprint density at radius 3 is 2.39 bits per heavy atom. The van der Waals surface area contributed by atoms with Crippen molar-refractivity contribution in [1.82, 2.24) is 9.91 Å². The smallest absolute Gasteiger partial charge is 0.262 e. The summed E-state index contributed by atoms with van der Waals surface area (Å²) in [5, 5.41) is 5.92. The number of rotatable bonds is 5. The zero-order chi connectivity index (χ0) is 22.8. The molecule has 2 amide bonds. The minimum Gasteiger partial charge on any atom is -0.336 e. The van der Waals surface area contributed by atoms with Crippen LogP contribution in [0.1, 0.15) is 56.3 Å². The molecule has 31 heavy (non-hydrogen) atoms. The molecule has 2 aromatic rings. The molecule has 0 saturated carbocycles. The summed E-state index contributed by atoms with van der Waals surface area (Å²) in [4.78, 5) is 27.1. The molecule has 1 heterocycles. The number of likely N-dealkylation sites (N-methyl/N-ethyl adjacent to an activating group) is 1. The molecule has 0 saturated heterocycles. The predicted molar refractivity (Wildman–Crippen MR) is 120 cm³/mol. The van der Waals surface area contributed by atoms with E-state index in [0.717, 1.165) is 11.1 Å². The van der Waals surface area contributed by atoms with Crippen LogP contribution in [0.4, 0.5) is 4.39 Å². The van der Waals surface area contributed by atoms with Crippen LogP contribution in [0.15, 0.2) is 53.6 Å². The van der Waals surface area contributed by atoms with Crippen molar-refractivity contribution in [2.75, 3.05) is 13.6 Å². The molecule has 0 spiro atoms. The van der Waals surface area contributed by atoms with Gasteiger partial charge in [0.2, 0.25) is 5.91 Å². The first-order valence-corrected chi connectivity index (χ1v) is 10.5. The van der Waals surface area contributed by atoms with Crippen LogP contribution < -0.4 is 0 Å². The molecule has 1 aliphatic heterocycles. The van der Waals surface area contributed by atoms with Crippen molar-refractivity contribution >= 4 is 17.5 Å². The van der Waals surface area contributed by atoms with Crippen LogP contribution in [0.5, 0.6) is 0 Å². The molecule has 0 radical (unpaired) electrons. The van der Waals surface area contributed by atoms with Gasteiger partial charge < -0.3 is 4.90 Å². The van der Waals surface area contributed by atoms with Crippen molar-refractivity contribution in [3.63, 3.8) is 0 Å². The molecule has 0 aliphatic carbocycles. The van der Waals surface area contributed by atoms with Gasteiger partial charge in [-0.2, -0.15) is 5.10 Å². The van der Waals surface area contributed by atoms with Crippen molar-refractivity contribution in [1.29, 1.82) is 0 Å². The van der Waals surface area contributed by atoms with Gasteiger partial charge in [-0.25, -0.2) is 9.40 Å². The normalized spacial score (nSPS) is 16.3. The van der Waals surface area contributed by atoms with Crippen LogP contribution in [-0.4, -0.2) is 41.0 Å². The number of carbonyl (C=O) groups is 2. The monoisotopic (exact) mass is 423 g/mol. The van der Waals surface area contributed by atoms with E-state index in [-0.39, 0.29) is 35.6 Å². The molecule has 0 N–H and O–H groups in total. The number of hydrogen-bond acceptors (Lipinski definition) is 3. The summed E-state index contributed by atoms with van der Waals surface area (Å²) < 4.78 is 14.4. The molecule has 0 unspecified atom stereocenters. The molecule has 3 rings (SSSR count). The molecule has 0 fully saturated rings. The van der Waals surface area contributed by atoms with Gasteiger partial charge in [-0.1, -0.05) is 68.8 Å². The number of hydrazone groups is 1. The van der Waals surface area contributed by atoms with Crippen molar-refractivity contribution in [2.45, 2.75) is 46.6 Å². The van der Waals surface area contributed by atoms with Crippen molar-refractivity contribution in [3.8, 4) is 0 Å². The SMILES string of the molecule is Cc1ccc([C@@H]2CC(c3ccccc3F)=NN2C(=O)CN(C)C(=O)CC(C)(C)C)cc1. The first-order chi connectivity index (χ1) is 14.5. The Morgan fingerprint density at radius 2 is 1.77 bits per heavy atom. The standard InChI is InChI=1S/C25H30FN3O2/c1-17-10-12-18(13-11-17)22-14-21(19-8-6-7-9-20(19)26)27-29(22)24(31)16-28(5)23(30)15-25(2,3)4/h6-13,22H,14-16H2,1-5H3/t22-/m0/s1. The van der Waals surface area contributed by atoms with E-state index < -0.39 is 0 Å². The van der Waals surface area contributed by atoms with Gasteiger partial charge in [0.1, 0.15) is 12.4 Å². The van der Waals surface area contributed by atoms with Crippen molar-refractivity contribution in [2.24, 2.45) is 10.5 Å². The van der Waals surface area contributed by atoms with Gasteiger partial charge in [0, 0.05) is 25.5 Å². The van der Waals surface area contributed by atoms with Gasteiger partial charge >= 0.3 is 0 Å². The Balaban J connectivity index is 1.86. The number of benzene rings is 2. The van der Waals surface area contributed by atoms with Crippen LogP contribution in [-0.2, 0) is 9.59 Å². The second-order valence-corrected chi connectivity index (χ2v) is 9.38. The van der Waals surface area contributed by atoms with E-state index in [1.807, 2.05) is 52.0 Å². The fourth-order valence-corrected chi connectivity index (χ4v) is 3.60. The minimum absolute atomic E-state index is 0.0780. The predicted octanol–water partition coefficient (Wildman–Crippen LogP) is 4.71. The average molecular weight is 424 g/mol. The number of halogens is 1. The first kappa shape index (κ1) is 22.7. The van der Waals surface area contributed by atoms with Crippen LogP contribution in [0, 0.1) is 18.2 Å². The highest BCUT2D eigenvalue weighted by atomic mass is 19.1. The molecule has 0 bridgehead atoms. The highest BCUT2D eigenvalue weighted by Gasteiger charge is 2.34. The average Bonchev–Trinajstić information content (AvgIpc) is 3.13. The number of hydrogen-bond donors (Lipinski definition) is 0. The Hall–Kier alpha value is -3.02. The molecule has 164 valence electrons. The highest BCUT2D eigenvalue weighted by Crippen LogP contribution is 2.33. The number of aryl methyl sites for hydroxylation is 1. The van der Waals surface area contributed by atoms with Gasteiger partial charge in [0.25, 0.3) is 5.91 Å². The summed E-state index contributed by atoms with van der Waals surface area (Å²) in [6.45, 7) is 7.88. The van der Waals surface area contributed by atoms with Crippen LogP contribution >= 0.6 is 0 Å². The Morgan fingerprint density at radius 1 is 1.13 bits per heavy atom. The van der Waals surface area contributed by atoms with Crippen LogP contribution in [0.2, 0.25) is 0 Å². The van der Waals surface area contributed by atoms with Gasteiger partial charge in [-0.3, -0.25) is 9.59 Å². The Labute approximate surface area is 183 Å². The third-order valence-corrected chi connectivity index (χ3v) is 5.29. The molecule has 2 aromatic carbocycles. The lowest BCUT2D eigenvalue weighted by Crippen LogP contribution is -2.40. The van der Waals surface area contributed by atoms with Crippen molar-refractivity contribution < 1.29 is 14.0 Å². The van der Waals surface area contributed by atoms with E-state index in [2.05, 4.69) is 5.10 Å². The fraction of sp³-hybridized carbons (Fsp3) is 0.400. The fourth-order valence-electron chi connectivity index (χ4n) is 3.60. The zero-order valence-electron chi connectivity index (χ0n) is 18.9. The maximum atomic E-state index is 14.4. The van der Waals surface area contributed by atoms with E-state index in [1.54, 1.807) is 25.2 Å². The minimum atomic E-state index is -0.365. The van der Waals surface area contributed by atoms with Gasteiger partial charge in [-0.05, 0) is 24.0 Å². The third-order valence-electron chi connectivity index (χ3n) is 5.29. The van der Waals surface area contributed by atoms with Gasteiger partial charge in [-0.15, -0.1) is 0 Å². The molecule has 5 nitrogen and oxygen atoms in total. The molecule has 1 aliphatic rings. The van der Waals surface area contributed by atoms with Crippen LogP contribution in [0.3, 0.4) is 0 Å². The lowest BCUT2D eigenvalue weighted by atomic mass is 9.92. The number of nitrogens with zero attached hydrogens (tertiary/aromatic N) is 3. The van der Waals surface area contributed by atoms with Gasteiger partial charge in [0.15, 0.2) is 0 Å². The number of amides is 2. The Kier molecular flexibility index (Phi) is 6.58. The quantitative estimate of drug-likeness (QED) is 0.700. The second kappa shape index (κ2) is 9.00. The summed E-state index contributed by atoms with van der Waals surface area (Å²) in [7, 11) is 1.63. The lowest BCUT2D eigenvalue weighted by molar-refractivity contribution is -0.141. The number of carbonyl (C=O) groups excluding carboxylic acids is 2. The molecular weight excluding hydrogens is 393 g/mol. The van der Waals surface area contributed by atoms with E-state index in [1.165, 1.54) is 16.0 Å². The highest BCUT2D eigenvalue weighted by molar-refractivity contribution is 6.03. The van der Waals surface area contributed by atoms with Crippen molar-refractivity contribution in [3.05, 3.63) is 71.0 Å².